The van der Waals surface area contributed by atoms with Crippen molar-refractivity contribution >= 4 is 28.9 Å². The van der Waals surface area contributed by atoms with E-state index < -0.39 is 5.82 Å². The van der Waals surface area contributed by atoms with Crippen molar-refractivity contribution in [2.45, 2.75) is 6.04 Å². The summed E-state index contributed by atoms with van der Waals surface area (Å²) in [6.45, 7) is 1.55. The molecular weight excluding hydrogens is 383 g/mol. The molecule has 1 saturated heterocycles. The molecule has 28 heavy (non-hydrogen) atoms. The normalized spacial score (nSPS) is 22.6. The molecule has 7 nitrogen and oxygen atoms in total. The van der Waals surface area contributed by atoms with E-state index in [9.17, 15) is 4.39 Å². The average Bonchev–Trinajstić information content (AvgIpc) is 3.09. The molecule has 3 aromatic heterocycles. The van der Waals surface area contributed by atoms with Crippen LogP contribution in [0.4, 0.5) is 21.7 Å². The van der Waals surface area contributed by atoms with Gasteiger partial charge >= 0.3 is 0 Å². The van der Waals surface area contributed by atoms with Crippen molar-refractivity contribution in [3.63, 3.8) is 0 Å². The molecule has 2 unspecified atom stereocenters. The molecule has 3 aromatic rings. The second-order valence-electron chi connectivity index (χ2n) is 6.86. The second kappa shape index (κ2) is 6.96. The maximum absolute atomic E-state index is 13.5. The first-order chi connectivity index (χ1) is 13.7. The van der Waals surface area contributed by atoms with E-state index >= 15 is 0 Å². The third-order valence-corrected chi connectivity index (χ3v) is 5.12. The van der Waals surface area contributed by atoms with Crippen LogP contribution in [0.2, 0.25) is 5.15 Å². The summed E-state index contributed by atoms with van der Waals surface area (Å²) >= 11 is 6.02. The zero-order chi connectivity index (χ0) is 19.1. The minimum Gasteiger partial charge on any atom is -0.381 e. The molecule has 0 radical (unpaired) electrons. The van der Waals surface area contributed by atoms with Crippen LogP contribution >= 0.6 is 11.6 Å². The van der Waals surface area contributed by atoms with Crippen LogP contribution in [0.15, 0.2) is 42.7 Å². The van der Waals surface area contributed by atoms with Gasteiger partial charge in [-0.2, -0.15) is 0 Å². The predicted molar refractivity (Wildman–Crippen MR) is 103 cm³/mol. The predicted octanol–water partition coefficient (Wildman–Crippen LogP) is 3.53. The van der Waals surface area contributed by atoms with Crippen molar-refractivity contribution in [1.29, 1.82) is 0 Å². The van der Waals surface area contributed by atoms with Crippen LogP contribution < -0.4 is 10.6 Å². The number of fused-ring (bicyclic) bond motifs is 1. The van der Waals surface area contributed by atoms with Gasteiger partial charge in [-0.1, -0.05) is 17.7 Å². The first kappa shape index (κ1) is 17.3. The molecule has 0 spiro atoms. The van der Waals surface area contributed by atoms with E-state index in [2.05, 4.69) is 30.6 Å². The number of halogens is 2. The highest BCUT2D eigenvalue weighted by molar-refractivity contribution is 6.29. The Kier molecular flexibility index (Phi) is 4.29. The average molecular weight is 399 g/mol. The lowest BCUT2D eigenvalue weighted by molar-refractivity contribution is 0.162. The third-order valence-electron chi connectivity index (χ3n) is 4.91. The Bertz CT molecular complexity index is 1020. The number of nitrogens with one attached hydrogen (secondary N) is 2. The van der Waals surface area contributed by atoms with E-state index in [1.807, 2.05) is 0 Å². The number of hydrogen-bond acceptors (Lipinski definition) is 7. The summed E-state index contributed by atoms with van der Waals surface area (Å²) in [5.74, 6) is 2.20. The molecule has 5 rings (SSSR count). The monoisotopic (exact) mass is 398 g/mol. The number of anilines is 3. The molecule has 1 aliphatic heterocycles. The molecule has 0 bridgehead atoms. The van der Waals surface area contributed by atoms with Crippen molar-refractivity contribution in [1.82, 2.24) is 19.9 Å². The lowest BCUT2D eigenvalue weighted by atomic mass is 10.3. The first-order valence-corrected chi connectivity index (χ1v) is 9.27. The van der Waals surface area contributed by atoms with Crippen LogP contribution in [-0.4, -0.2) is 39.2 Å². The minimum absolute atomic E-state index is 0.340. The van der Waals surface area contributed by atoms with E-state index in [1.54, 1.807) is 24.3 Å². The Morgan fingerprint density at radius 3 is 2.64 bits per heavy atom. The van der Waals surface area contributed by atoms with Crippen LogP contribution in [0.1, 0.15) is 0 Å². The molecule has 142 valence electrons. The zero-order valence-corrected chi connectivity index (χ0v) is 15.4. The van der Waals surface area contributed by atoms with Gasteiger partial charge in [0.05, 0.1) is 31.3 Å². The van der Waals surface area contributed by atoms with Crippen LogP contribution in [0, 0.1) is 17.7 Å². The summed E-state index contributed by atoms with van der Waals surface area (Å²) in [5.41, 5.74) is 1.04. The Morgan fingerprint density at radius 1 is 1.04 bits per heavy atom. The van der Waals surface area contributed by atoms with Crippen LogP contribution in [-0.2, 0) is 4.74 Å². The summed E-state index contributed by atoms with van der Waals surface area (Å²) in [7, 11) is 0. The molecule has 0 amide bonds. The molecule has 1 aliphatic carbocycles. The molecule has 4 heterocycles. The van der Waals surface area contributed by atoms with Gasteiger partial charge in [-0.25, -0.2) is 19.3 Å². The number of rotatable bonds is 5. The highest BCUT2D eigenvalue weighted by atomic mass is 35.5. The fourth-order valence-corrected chi connectivity index (χ4v) is 3.65. The van der Waals surface area contributed by atoms with Crippen molar-refractivity contribution in [3.8, 4) is 11.5 Å². The van der Waals surface area contributed by atoms with Gasteiger partial charge in [0.25, 0.3) is 0 Å². The number of ether oxygens (including phenoxy) is 1. The second-order valence-corrected chi connectivity index (χ2v) is 7.25. The molecule has 2 fully saturated rings. The summed E-state index contributed by atoms with van der Waals surface area (Å²) in [6, 6.07) is 8.75. The van der Waals surface area contributed by atoms with Gasteiger partial charge < -0.3 is 15.4 Å². The topological polar surface area (TPSA) is 84.9 Å². The number of aromatic nitrogens is 4. The zero-order valence-electron chi connectivity index (χ0n) is 14.6. The van der Waals surface area contributed by atoms with E-state index in [-0.39, 0.29) is 0 Å². The van der Waals surface area contributed by atoms with Gasteiger partial charge in [-0.15, -0.1) is 0 Å². The van der Waals surface area contributed by atoms with Gasteiger partial charge in [-0.3, -0.25) is 4.98 Å². The molecule has 1 saturated carbocycles. The largest absolute Gasteiger partial charge is 0.381 e. The highest BCUT2D eigenvalue weighted by Crippen LogP contribution is 2.46. The quantitative estimate of drug-likeness (QED) is 0.636. The summed E-state index contributed by atoms with van der Waals surface area (Å²) in [4.78, 5) is 17.3. The maximum Gasteiger partial charge on any atom is 0.182 e. The third kappa shape index (κ3) is 3.48. The Morgan fingerprint density at radius 2 is 1.86 bits per heavy atom. The van der Waals surface area contributed by atoms with Gasteiger partial charge in [-0.05, 0) is 12.1 Å². The van der Waals surface area contributed by atoms with E-state index in [1.165, 1.54) is 12.3 Å². The van der Waals surface area contributed by atoms with Crippen LogP contribution in [0.3, 0.4) is 0 Å². The van der Waals surface area contributed by atoms with Crippen LogP contribution in [0.25, 0.3) is 11.5 Å². The number of nitrogens with zero attached hydrogens (tertiary/aromatic N) is 4. The summed E-state index contributed by atoms with van der Waals surface area (Å²) in [5, 5.41) is 6.89. The standard InChI is InChI=1S/C19H16ClFN6O/c20-15-3-1-2-14(24-15)19-26-16(23-11-4-10(21)6-22-7-11)5-17(27-19)25-18-12-8-28-9-13(12)18/h1-7,12-13,18H,8-9H2,(H2,23,25,26,27). The maximum atomic E-state index is 13.5. The fraction of sp³-hybridized carbons (Fsp3) is 0.263. The van der Waals surface area contributed by atoms with Crippen LogP contribution in [0.5, 0.6) is 0 Å². The minimum atomic E-state index is -0.431. The number of hydrogen-bond donors (Lipinski definition) is 2. The molecule has 0 aromatic carbocycles. The van der Waals surface area contributed by atoms with E-state index in [4.69, 9.17) is 16.3 Å². The summed E-state index contributed by atoms with van der Waals surface area (Å²) < 4.78 is 18.9. The van der Waals surface area contributed by atoms with Crippen molar-refractivity contribution in [2.75, 3.05) is 23.8 Å². The van der Waals surface area contributed by atoms with Gasteiger partial charge in [0, 0.05) is 30.0 Å². The smallest absolute Gasteiger partial charge is 0.182 e. The fourth-order valence-electron chi connectivity index (χ4n) is 3.49. The highest BCUT2D eigenvalue weighted by Gasteiger charge is 2.54. The first-order valence-electron chi connectivity index (χ1n) is 8.89. The molecule has 2 N–H and O–H groups in total. The van der Waals surface area contributed by atoms with E-state index in [0.29, 0.717) is 51.9 Å². The lowest BCUT2D eigenvalue weighted by Crippen LogP contribution is -2.14. The molecular formula is C19H16ClFN6O. The van der Waals surface area contributed by atoms with Crippen molar-refractivity contribution in [2.24, 2.45) is 11.8 Å². The molecule has 2 aliphatic rings. The Balaban J connectivity index is 1.48. The van der Waals surface area contributed by atoms with Crippen molar-refractivity contribution in [3.05, 3.63) is 53.7 Å². The molecule has 9 heteroatoms. The van der Waals surface area contributed by atoms with Gasteiger partial charge in [0.15, 0.2) is 5.82 Å². The SMILES string of the molecule is Fc1cncc(Nc2cc(NC3C4COCC43)nc(-c3cccc(Cl)n3)n2)c1. The van der Waals surface area contributed by atoms with E-state index in [0.717, 1.165) is 19.4 Å². The molecule has 2 atom stereocenters. The Hall–Kier alpha value is -2.84. The Labute approximate surface area is 165 Å². The van der Waals surface area contributed by atoms with Crippen molar-refractivity contribution < 1.29 is 9.13 Å². The van der Waals surface area contributed by atoms with Gasteiger partial charge in [0.1, 0.15) is 28.3 Å². The number of pyridine rings is 2. The lowest BCUT2D eigenvalue weighted by Gasteiger charge is -2.12. The van der Waals surface area contributed by atoms with Gasteiger partial charge in [0.2, 0.25) is 0 Å². The summed E-state index contributed by atoms with van der Waals surface area (Å²) in [6.07, 6.45) is 2.67.